The number of hydrogen-bond donors (Lipinski definition) is 0. The molecule has 0 saturated heterocycles. The van der Waals surface area contributed by atoms with Gasteiger partial charge in [-0.2, -0.15) is 0 Å². The van der Waals surface area contributed by atoms with Crippen molar-refractivity contribution in [3.63, 3.8) is 0 Å². The lowest BCUT2D eigenvalue weighted by Crippen LogP contribution is -2.32. The molecule has 94 valence electrons. The minimum absolute atomic E-state index is 0.253. The fourth-order valence-electron chi connectivity index (χ4n) is 1.95. The molecular weight excluding hydrogens is 236 g/mol. The second kappa shape index (κ2) is 5.14. The first-order valence-electron chi connectivity index (χ1n) is 5.88. The van der Waals surface area contributed by atoms with Crippen LogP contribution in [0.4, 0.5) is 5.13 Å². The minimum atomic E-state index is 0.253. The Kier molecular flexibility index (Phi) is 3.79. The van der Waals surface area contributed by atoms with E-state index < -0.39 is 0 Å². The number of hydrogen-bond acceptors (Lipinski definition) is 5. The van der Waals surface area contributed by atoms with E-state index in [4.69, 9.17) is 4.74 Å². The maximum atomic E-state index is 11.7. The molecule has 0 aromatic carbocycles. The Morgan fingerprint density at radius 2 is 2.29 bits per heavy atom. The van der Waals surface area contributed by atoms with Crippen LogP contribution in [0.3, 0.4) is 0 Å². The molecule has 1 heterocycles. The molecule has 1 atom stereocenters. The average molecular weight is 254 g/mol. The predicted octanol–water partition coefficient (Wildman–Crippen LogP) is 2.13. The third kappa shape index (κ3) is 2.50. The summed E-state index contributed by atoms with van der Waals surface area (Å²) in [5.41, 5.74) is 0.984. The van der Waals surface area contributed by atoms with Crippen LogP contribution in [0.25, 0.3) is 0 Å². The summed E-state index contributed by atoms with van der Waals surface area (Å²) >= 11 is 1.52. The third-order valence-electron chi connectivity index (χ3n) is 3.13. The second-order valence-corrected chi connectivity index (χ2v) is 5.44. The van der Waals surface area contributed by atoms with E-state index in [0.717, 1.165) is 28.5 Å². The fourth-order valence-corrected chi connectivity index (χ4v) is 3.09. The summed E-state index contributed by atoms with van der Waals surface area (Å²) in [5.74, 6) is 0.253. The molecule has 0 aliphatic heterocycles. The fraction of sp³-hybridized carbons (Fsp3) is 0.667. The predicted molar refractivity (Wildman–Crippen MR) is 69.1 cm³/mol. The lowest BCUT2D eigenvalue weighted by atomic mass is 10.0. The Labute approximate surface area is 106 Å². The van der Waals surface area contributed by atoms with E-state index in [-0.39, 0.29) is 11.8 Å². The number of fused-ring (bicyclic) bond motifs is 1. The smallest absolute Gasteiger partial charge is 0.186 e. The van der Waals surface area contributed by atoms with Crippen molar-refractivity contribution in [1.82, 2.24) is 4.98 Å². The van der Waals surface area contributed by atoms with Crippen LogP contribution in [0.15, 0.2) is 0 Å². The highest BCUT2D eigenvalue weighted by molar-refractivity contribution is 7.17. The topological polar surface area (TPSA) is 42.4 Å². The Bertz CT molecular complexity index is 417. The van der Waals surface area contributed by atoms with Gasteiger partial charge in [0.25, 0.3) is 0 Å². The van der Waals surface area contributed by atoms with E-state index in [1.807, 2.05) is 7.05 Å². The van der Waals surface area contributed by atoms with Gasteiger partial charge in [-0.25, -0.2) is 4.98 Å². The van der Waals surface area contributed by atoms with Gasteiger partial charge in [-0.3, -0.25) is 4.79 Å². The van der Waals surface area contributed by atoms with Crippen molar-refractivity contribution in [3.8, 4) is 0 Å². The number of nitrogens with zero attached hydrogens (tertiary/aromatic N) is 2. The summed E-state index contributed by atoms with van der Waals surface area (Å²) in [6, 6.07) is 0.266. The maximum Gasteiger partial charge on any atom is 0.186 e. The van der Waals surface area contributed by atoms with E-state index in [1.165, 1.54) is 11.3 Å². The lowest BCUT2D eigenvalue weighted by Gasteiger charge is -2.23. The maximum absolute atomic E-state index is 11.7. The zero-order chi connectivity index (χ0) is 12.4. The number of carbonyl (C=O) groups excluding carboxylic acids is 1. The van der Waals surface area contributed by atoms with Crippen LogP contribution in [0.2, 0.25) is 0 Å². The summed E-state index contributed by atoms with van der Waals surface area (Å²) < 4.78 is 5.14. The highest BCUT2D eigenvalue weighted by Crippen LogP contribution is 2.31. The Morgan fingerprint density at radius 1 is 1.53 bits per heavy atom. The normalized spacial score (nSPS) is 16.8. The summed E-state index contributed by atoms with van der Waals surface area (Å²) in [7, 11) is 3.69. The molecule has 1 aromatic rings. The first-order chi connectivity index (χ1) is 8.13. The second-order valence-electron chi connectivity index (χ2n) is 4.46. The van der Waals surface area contributed by atoms with Crippen molar-refractivity contribution < 1.29 is 9.53 Å². The quantitative estimate of drug-likeness (QED) is 0.825. The van der Waals surface area contributed by atoms with Gasteiger partial charge in [0.15, 0.2) is 10.9 Å². The van der Waals surface area contributed by atoms with Crippen molar-refractivity contribution in [2.45, 2.75) is 32.2 Å². The number of Topliss-reactive ketones (excluding diaryl/α,β-unsaturated/α-hetero) is 1. The largest absolute Gasteiger partial charge is 0.383 e. The highest BCUT2D eigenvalue weighted by atomic mass is 32.1. The molecule has 1 aromatic heterocycles. The van der Waals surface area contributed by atoms with Crippen molar-refractivity contribution >= 4 is 22.3 Å². The zero-order valence-corrected chi connectivity index (χ0v) is 11.3. The van der Waals surface area contributed by atoms with Crippen molar-refractivity contribution in [3.05, 3.63) is 10.6 Å². The van der Waals surface area contributed by atoms with Gasteiger partial charge < -0.3 is 9.64 Å². The molecule has 0 radical (unpaired) electrons. The van der Waals surface area contributed by atoms with Crippen LogP contribution >= 0.6 is 11.3 Å². The van der Waals surface area contributed by atoms with Crippen molar-refractivity contribution in [1.29, 1.82) is 0 Å². The summed E-state index contributed by atoms with van der Waals surface area (Å²) in [6.07, 6.45) is 2.54. The molecule has 0 amide bonds. The molecule has 1 unspecified atom stereocenters. The highest BCUT2D eigenvalue weighted by Gasteiger charge is 2.24. The van der Waals surface area contributed by atoms with Crippen LogP contribution in [-0.4, -0.2) is 37.6 Å². The Hall–Kier alpha value is -0.940. The van der Waals surface area contributed by atoms with E-state index in [1.54, 1.807) is 7.11 Å². The van der Waals surface area contributed by atoms with E-state index in [2.05, 4.69) is 16.8 Å². The van der Waals surface area contributed by atoms with E-state index in [0.29, 0.717) is 13.0 Å². The standard InChI is InChI=1S/C12H18N2O2S/c1-8(7-16-3)14(2)12-13-9-5-4-6-10(15)11(9)17-12/h8H,4-7H2,1-3H3. The summed E-state index contributed by atoms with van der Waals surface area (Å²) in [4.78, 5) is 19.3. The number of likely N-dealkylation sites (N-methyl/N-ethyl adjacent to an activating group) is 1. The van der Waals surface area contributed by atoms with Gasteiger partial charge in [0.05, 0.1) is 23.2 Å². The summed E-state index contributed by atoms with van der Waals surface area (Å²) in [6.45, 7) is 2.75. The van der Waals surface area contributed by atoms with Crippen LogP contribution in [0.5, 0.6) is 0 Å². The van der Waals surface area contributed by atoms with E-state index >= 15 is 0 Å². The van der Waals surface area contributed by atoms with Gasteiger partial charge in [0.1, 0.15) is 0 Å². The first-order valence-corrected chi connectivity index (χ1v) is 6.69. The molecule has 1 aliphatic carbocycles. The molecule has 1 aliphatic rings. The SMILES string of the molecule is COCC(C)N(C)c1nc2c(s1)C(=O)CCC2. The lowest BCUT2D eigenvalue weighted by molar-refractivity contribution is 0.0976. The average Bonchev–Trinajstić information content (AvgIpc) is 2.73. The molecule has 5 heteroatoms. The Morgan fingerprint density at radius 3 is 2.94 bits per heavy atom. The molecule has 0 fully saturated rings. The molecule has 2 rings (SSSR count). The van der Waals surface area contributed by atoms with Gasteiger partial charge in [-0.1, -0.05) is 11.3 Å². The number of rotatable bonds is 4. The van der Waals surface area contributed by atoms with Crippen LogP contribution in [0.1, 0.15) is 35.1 Å². The number of thiazole rings is 1. The Balaban J connectivity index is 2.19. The van der Waals surface area contributed by atoms with Crippen LogP contribution < -0.4 is 4.90 Å². The monoisotopic (exact) mass is 254 g/mol. The third-order valence-corrected chi connectivity index (χ3v) is 4.36. The molecular formula is C12H18N2O2S. The van der Waals surface area contributed by atoms with Crippen LogP contribution in [0, 0.1) is 0 Å². The van der Waals surface area contributed by atoms with Gasteiger partial charge >= 0.3 is 0 Å². The summed E-state index contributed by atoms with van der Waals surface area (Å²) in [5, 5.41) is 0.926. The van der Waals surface area contributed by atoms with Gasteiger partial charge in [0, 0.05) is 20.6 Å². The number of anilines is 1. The molecule has 0 N–H and O–H groups in total. The molecule has 17 heavy (non-hydrogen) atoms. The molecule has 0 spiro atoms. The van der Waals surface area contributed by atoms with Gasteiger partial charge in [-0.05, 0) is 19.8 Å². The molecule has 4 nitrogen and oxygen atoms in total. The number of ether oxygens (including phenoxy) is 1. The number of methoxy groups -OCH3 is 1. The number of carbonyl (C=O) groups is 1. The van der Waals surface area contributed by atoms with Gasteiger partial charge in [0.2, 0.25) is 0 Å². The number of ketones is 1. The zero-order valence-electron chi connectivity index (χ0n) is 10.5. The number of aryl methyl sites for hydroxylation is 1. The number of aromatic nitrogens is 1. The first kappa shape index (κ1) is 12.5. The van der Waals surface area contributed by atoms with E-state index in [9.17, 15) is 4.79 Å². The van der Waals surface area contributed by atoms with Crippen molar-refractivity contribution in [2.24, 2.45) is 0 Å². The van der Waals surface area contributed by atoms with Gasteiger partial charge in [-0.15, -0.1) is 0 Å². The van der Waals surface area contributed by atoms with Crippen molar-refractivity contribution in [2.75, 3.05) is 25.7 Å². The minimum Gasteiger partial charge on any atom is -0.383 e. The molecule has 0 bridgehead atoms. The molecule has 0 saturated carbocycles. The van der Waals surface area contributed by atoms with Crippen LogP contribution in [-0.2, 0) is 11.2 Å².